The zero-order valence-corrected chi connectivity index (χ0v) is 12.1. The lowest BCUT2D eigenvalue weighted by atomic mass is 10.1. The number of benzene rings is 1. The van der Waals surface area contributed by atoms with Crippen molar-refractivity contribution < 1.29 is 9.94 Å². The van der Waals surface area contributed by atoms with Crippen molar-refractivity contribution in [2.24, 2.45) is 10.9 Å². The van der Waals surface area contributed by atoms with E-state index >= 15 is 0 Å². The molecule has 1 atom stereocenters. The van der Waals surface area contributed by atoms with Crippen LogP contribution in [0.15, 0.2) is 23.4 Å². The van der Waals surface area contributed by atoms with Crippen molar-refractivity contribution in [2.75, 3.05) is 14.2 Å². The Morgan fingerprint density at radius 1 is 1.53 bits per heavy atom. The third-order valence-electron chi connectivity index (χ3n) is 3.42. The van der Waals surface area contributed by atoms with Crippen molar-refractivity contribution in [3.05, 3.63) is 29.3 Å². The van der Waals surface area contributed by atoms with Crippen LogP contribution >= 0.6 is 0 Å². The Kier molecular flexibility index (Phi) is 5.63. The molecule has 0 saturated heterocycles. The van der Waals surface area contributed by atoms with Gasteiger partial charge in [-0.05, 0) is 38.1 Å². The smallest absolute Gasteiger partial charge is 0.173 e. The van der Waals surface area contributed by atoms with Gasteiger partial charge in [0.05, 0.1) is 12.7 Å². The summed E-state index contributed by atoms with van der Waals surface area (Å²) in [6.45, 7) is 5.20. The second-order valence-electron chi connectivity index (χ2n) is 4.69. The van der Waals surface area contributed by atoms with Crippen LogP contribution in [0.3, 0.4) is 0 Å². The van der Waals surface area contributed by atoms with Crippen molar-refractivity contribution >= 4 is 5.84 Å². The van der Waals surface area contributed by atoms with Gasteiger partial charge in [0.1, 0.15) is 5.75 Å². The van der Waals surface area contributed by atoms with E-state index in [0.717, 1.165) is 18.5 Å². The number of hydrogen-bond acceptors (Lipinski definition) is 4. The Morgan fingerprint density at radius 2 is 2.21 bits per heavy atom. The Hall–Kier alpha value is -1.75. The molecule has 0 radical (unpaired) electrons. The van der Waals surface area contributed by atoms with Gasteiger partial charge in [-0.2, -0.15) is 0 Å². The summed E-state index contributed by atoms with van der Waals surface area (Å²) in [5, 5.41) is 11.7. The third-order valence-corrected chi connectivity index (χ3v) is 3.42. The van der Waals surface area contributed by atoms with E-state index in [0.29, 0.717) is 17.4 Å². The van der Waals surface area contributed by atoms with Crippen molar-refractivity contribution in [1.29, 1.82) is 0 Å². The molecule has 3 N–H and O–H groups in total. The summed E-state index contributed by atoms with van der Waals surface area (Å²) in [6, 6.07) is 6.23. The van der Waals surface area contributed by atoms with E-state index < -0.39 is 0 Å². The molecule has 0 aliphatic heterocycles. The van der Waals surface area contributed by atoms with E-state index in [-0.39, 0.29) is 5.84 Å². The molecule has 0 heterocycles. The maximum absolute atomic E-state index is 8.73. The minimum Gasteiger partial charge on any atom is -0.496 e. The van der Waals surface area contributed by atoms with Crippen molar-refractivity contribution in [3.8, 4) is 5.75 Å². The van der Waals surface area contributed by atoms with Crippen LogP contribution < -0.4 is 10.5 Å². The lowest BCUT2D eigenvalue weighted by molar-refractivity contribution is 0.243. The SMILES string of the molecule is CCC(C)N(C)Cc1ccc(/C(N)=N/O)c(OC)c1. The van der Waals surface area contributed by atoms with E-state index in [1.54, 1.807) is 7.11 Å². The van der Waals surface area contributed by atoms with Gasteiger partial charge in [-0.3, -0.25) is 4.90 Å². The van der Waals surface area contributed by atoms with E-state index in [1.165, 1.54) is 0 Å². The van der Waals surface area contributed by atoms with Crippen LogP contribution in [0.4, 0.5) is 0 Å². The van der Waals surface area contributed by atoms with E-state index in [9.17, 15) is 0 Å². The number of methoxy groups -OCH3 is 1. The molecular formula is C14H23N3O2. The maximum atomic E-state index is 8.73. The van der Waals surface area contributed by atoms with Crippen LogP contribution in [0.5, 0.6) is 5.75 Å². The molecule has 1 aromatic rings. The molecule has 19 heavy (non-hydrogen) atoms. The summed E-state index contributed by atoms with van der Waals surface area (Å²) in [4.78, 5) is 2.28. The molecule has 5 heteroatoms. The largest absolute Gasteiger partial charge is 0.496 e. The summed E-state index contributed by atoms with van der Waals surface area (Å²) >= 11 is 0. The number of ether oxygens (including phenoxy) is 1. The molecule has 0 amide bonds. The van der Waals surface area contributed by atoms with Gasteiger partial charge in [-0.1, -0.05) is 18.1 Å². The predicted molar refractivity (Wildman–Crippen MR) is 76.7 cm³/mol. The number of amidine groups is 1. The van der Waals surface area contributed by atoms with Gasteiger partial charge < -0.3 is 15.7 Å². The van der Waals surface area contributed by atoms with E-state index in [4.69, 9.17) is 15.7 Å². The first kappa shape index (κ1) is 15.3. The molecule has 1 rings (SSSR count). The lowest BCUT2D eigenvalue weighted by Gasteiger charge is -2.23. The molecular weight excluding hydrogens is 242 g/mol. The molecule has 0 saturated carbocycles. The number of oxime groups is 1. The topological polar surface area (TPSA) is 71.1 Å². The standard InChI is InChI=1S/C14H23N3O2/c1-5-10(2)17(3)9-11-6-7-12(14(15)16-18)13(8-11)19-4/h6-8,10,18H,5,9H2,1-4H3,(H2,15,16). The third kappa shape index (κ3) is 3.86. The number of rotatable bonds is 6. The highest BCUT2D eigenvalue weighted by atomic mass is 16.5. The Labute approximate surface area is 114 Å². The van der Waals surface area contributed by atoms with Gasteiger partial charge >= 0.3 is 0 Å². The second kappa shape index (κ2) is 6.99. The Morgan fingerprint density at radius 3 is 2.74 bits per heavy atom. The van der Waals surface area contributed by atoms with Crippen molar-refractivity contribution in [2.45, 2.75) is 32.9 Å². The van der Waals surface area contributed by atoms with E-state index in [2.05, 4.69) is 31.0 Å². The molecule has 5 nitrogen and oxygen atoms in total. The summed E-state index contributed by atoms with van der Waals surface area (Å²) in [5.74, 6) is 0.670. The van der Waals surface area contributed by atoms with Gasteiger partial charge in [0.15, 0.2) is 5.84 Å². The summed E-state index contributed by atoms with van der Waals surface area (Å²) in [6.07, 6.45) is 1.11. The van der Waals surface area contributed by atoms with Gasteiger partial charge in [0.2, 0.25) is 0 Å². The maximum Gasteiger partial charge on any atom is 0.173 e. The average Bonchev–Trinajstić information content (AvgIpc) is 2.45. The normalized spacial score (nSPS) is 13.6. The summed E-state index contributed by atoms with van der Waals surface area (Å²) in [7, 11) is 3.67. The first-order valence-corrected chi connectivity index (χ1v) is 6.38. The highest BCUT2D eigenvalue weighted by Gasteiger charge is 2.11. The van der Waals surface area contributed by atoms with Gasteiger partial charge in [-0.25, -0.2) is 0 Å². The quantitative estimate of drug-likeness (QED) is 0.357. The van der Waals surface area contributed by atoms with Gasteiger partial charge in [0.25, 0.3) is 0 Å². The van der Waals surface area contributed by atoms with Crippen LogP contribution in [-0.2, 0) is 6.54 Å². The fourth-order valence-electron chi connectivity index (χ4n) is 1.85. The highest BCUT2D eigenvalue weighted by molar-refractivity contribution is 5.99. The summed E-state index contributed by atoms with van der Waals surface area (Å²) < 4.78 is 5.29. The van der Waals surface area contributed by atoms with Crippen LogP contribution in [0.1, 0.15) is 31.4 Å². The molecule has 106 valence electrons. The molecule has 1 unspecified atom stereocenters. The minimum atomic E-state index is 0.0543. The van der Waals surface area contributed by atoms with Crippen molar-refractivity contribution in [1.82, 2.24) is 4.90 Å². The van der Waals surface area contributed by atoms with Crippen LogP contribution in [-0.4, -0.2) is 36.1 Å². The number of hydrogen-bond donors (Lipinski definition) is 2. The zero-order valence-electron chi connectivity index (χ0n) is 12.1. The number of nitrogens with zero attached hydrogens (tertiary/aromatic N) is 2. The second-order valence-corrected chi connectivity index (χ2v) is 4.69. The fraction of sp³-hybridized carbons (Fsp3) is 0.500. The molecule has 0 spiro atoms. The van der Waals surface area contributed by atoms with Crippen LogP contribution in [0.2, 0.25) is 0 Å². The first-order chi connectivity index (χ1) is 9.03. The van der Waals surface area contributed by atoms with Crippen molar-refractivity contribution in [3.63, 3.8) is 0 Å². The molecule has 0 aliphatic rings. The fourth-order valence-corrected chi connectivity index (χ4v) is 1.85. The zero-order chi connectivity index (χ0) is 14.4. The minimum absolute atomic E-state index is 0.0543. The summed E-state index contributed by atoms with van der Waals surface area (Å²) in [5.41, 5.74) is 7.33. The van der Waals surface area contributed by atoms with E-state index in [1.807, 2.05) is 18.2 Å². The number of nitrogens with two attached hydrogens (primary N) is 1. The molecule has 0 bridgehead atoms. The Balaban J connectivity index is 2.94. The Bertz CT molecular complexity index is 446. The molecule has 0 aromatic heterocycles. The van der Waals surface area contributed by atoms with Gasteiger partial charge in [-0.15, -0.1) is 0 Å². The average molecular weight is 265 g/mol. The molecule has 1 aromatic carbocycles. The van der Waals surface area contributed by atoms with Gasteiger partial charge in [0, 0.05) is 12.6 Å². The molecule has 0 aliphatic carbocycles. The highest BCUT2D eigenvalue weighted by Crippen LogP contribution is 2.21. The molecule has 0 fully saturated rings. The van der Waals surface area contributed by atoms with Crippen LogP contribution in [0, 0.1) is 0 Å². The predicted octanol–water partition coefficient (Wildman–Crippen LogP) is 2.02. The first-order valence-electron chi connectivity index (χ1n) is 6.38. The lowest BCUT2D eigenvalue weighted by Crippen LogP contribution is -2.27. The van der Waals surface area contributed by atoms with Crippen LogP contribution in [0.25, 0.3) is 0 Å². The monoisotopic (exact) mass is 265 g/mol.